The number of nitrogens with zero attached hydrogens (tertiary/aromatic N) is 1. The van der Waals surface area contributed by atoms with E-state index in [1.54, 1.807) is 6.20 Å². The average molecular weight is 284 g/mol. The van der Waals surface area contributed by atoms with Crippen molar-refractivity contribution in [1.29, 1.82) is 5.41 Å². The Hall–Kier alpha value is -2.56. The molecule has 4 N–H and O–H groups in total. The van der Waals surface area contributed by atoms with Crippen molar-refractivity contribution in [3.8, 4) is 5.88 Å². The topological polar surface area (TPSA) is 84.0 Å². The highest BCUT2D eigenvalue weighted by atomic mass is 16.5. The summed E-state index contributed by atoms with van der Waals surface area (Å²) >= 11 is 0. The van der Waals surface area contributed by atoms with Crippen LogP contribution in [0.3, 0.4) is 0 Å². The largest absolute Gasteiger partial charge is 0.478 e. The van der Waals surface area contributed by atoms with Crippen LogP contribution >= 0.6 is 0 Å². The van der Waals surface area contributed by atoms with E-state index in [2.05, 4.69) is 22.4 Å². The van der Waals surface area contributed by atoms with Gasteiger partial charge in [-0.3, -0.25) is 5.41 Å². The number of amidine groups is 1. The fraction of sp³-hybridized carbons (Fsp3) is 0.250. The fourth-order valence-electron chi connectivity index (χ4n) is 1.84. The molecule has 0 aliphatic rings. The Balaban J connectivity index is 1.81. The molecule has 0 atom stereocenters. The summed E-state index contributed by atoms with van der Waals surface area (Å²) in [6.07, 6.45) is 2.98. The Bertz CT molecular complexity index is 571. The minimum absolute atomic E-state index is 0.185. The molecule has 0 fully saturated rings. The average Bonchev–Trinajstić information content (AvgIpc) is 2.51. The lowest BCUT2D eigenvalue weighted by Gasteiger charge is -2.09. The summed E-state index contributed by atoms with van der Waals surface area (Å²) < 4.78 is 5.55. The molecule has 5 nitrogen and oxygen atoms in total. The van der Waals surface area contributed by atoms with E-state index in [-0.39, 0.29) is 5.84 Å². The molecule has 5 heteroatoms. The molecule has 0 aliphatic heterocycles. The van der Waals surface area contributed by atoms with Gasteiger partial charge >= 0.3 is 0 Å². The molecule has 1 aromatic heterocycles. The maximum Gasteiger partial charge on any atom is 0.215 e. The molecule has 0 aliphatic carbocycles. The molecular formula is C16H20N4O. The molecule has 2 aromatic rings. The number of anilines is 1. The highest BCUT2D eigenvalue weighted by Gasteiger charge is 1.99. The maximum atomic E-state index is 7.14. The van der Waals surface area contributed by atoms with E-state index in [0.29, 0.717) is 18.9 Å². The molecule has 0 amide bonds. The highest BCUT2D eigenvalue weighted by Crippen LogP contribution is 2.15. The lowest BCUT2D eigenvalue weighted by molar-refractivity contribution is 0.301. The van der Waals surface area contributed by atoms with Crippen molar-refractivity contribution in [1.82, 2.24) is 4.98 Å². The maximum absolute atomic E-state index is 7.14. The number of benzene rings is 1. The zero-order valence-electron chi connectivity index (χ0n) is 11.9. The first-order chi connectivity index (χ1) is 10.2. The van der Waals surface area contributed by atoms with E-state index in [0.717, 1.165) is 18.7 Å². The molecule has 1 heterocycles. The van der Waals surface area contributed by atoms with Crippen LogP contribution in [0.4, 0.5) is 5.69 Å². The summed E-state index contributed by atoms with van der Waals surface area (Å²) in [7, 11) is 0. The third-order valence-electron chi connectivity index (χ3n) is 2.91. The normalized spacial score (nSPS) is 10.1. The molecule has 0 bridgehead atoms. The Kier molecular flexibility index (Phi) is 5.58. The second-order valence-corrected chi connectivity index (χ2v) is 4.70. The third-order valence-corrected chi connectivity index (χ3v) is 2.91. The van der Waals surface area contributed by atoms with Gasteiger partial charge in [0.05, 0.1) is 12.4 Å². The quantitative estimate of drug-likeness (QED) is 0.395. The molecule has 0 saturated carbocycles. The van der Waals surface area contributed by atoms with Gasteiger partial charge < -0.3 is 15.8 Å². The SMILES string of the molecule is N=C(N)CCCOc1cc(NCc2ccccc2)ccn1. The van der Waals surface area contributed by atoms with E-state index in [4.69, 9.17) is 15.9 Å². The van der Waals surface area contributed by atoms with Gasteiger partial charge in [-0.25, -0.2) is 4.98 Å². The van der Waals surface area contributed by atoms with E-state index in [1.807, 2.05) is 30.3 Å². The van der Waals surface area contributed by atoms with E-state index in [9.17, 15) is 0 Å². The predicted molar refractivity (Wildman–Crippen MR) is 84.6 cm³/mol. The first kappa shape index (κ1) is 14.8. The Morgan fingerprint density at radius 3 is 2.81 bits per heavy atom. The monoisotopic (exact) mass is 284 g/mol. The van der Waals surface area contributed by atoms with Crippen LogP contribution in [0.2, 0.25) is 0 Å². The van der Waals surface area contributed by atoms with Crippen LogP contribution in [-0.4, -0.2) is 17.4 Å². The van der Waals surface area contributed by atoms with Crippen molar-refractivity contribution < 1.29 is 4.74 Å². The number of rotatable bonds is 8. The van der Waals surface area contributed by atoms with Crippen molar-refractivity contribution in [2.24, 2.45) is 5.73 Å². The first-order valence-corrected chi connectivity index (χ1v) is 6.93. The smallest absolute Gasteiger partial charge is 0.215 e. The number of aromatic nitrogens is 1. The first-order valence-electron chi connectivity index (χ1n) is 6.93. The summed E-state index contributed by atoms with van der Waals surface area (Å²) in [6.45, 7) is 1.27. The molecule has 0 unspecified atom stereocenters. The molecule has 21 heavy (non-hydrogen) atoms. The predicted octanol–water partition coefficient (Wildman–Crippen LogP) is 2.79. The number of nitrogens with one attached hydrogen (secondary N) is 2. The molecule has 0 radical (unpaired) electrons. The fourth-order valence-corrected chi connectivity index (χ4v) is 1.84. The van der Waals surface area contributed by atoms with Crippen LogP contribution in [0.5, 0.6) is 5.88 Å². The lowest BCUT2D eigenvalue weighted by atomic mass is 10.2. The standard InChI is InChI=1S/C16H20N4O/c17-15(18)7-4-10-21-16-11-14(8-9-19-16)20-12-13-5-2-1-3-6-13/h1-3,5-6,8-9,11H,4,7,10,12H2,(H3,17,18)(H,19,20). The van der Waals surface area contributed by atoms with Crippen LogP contribution in [0.25, 0.3) is 0 Å². The number of hydrogen-bond donors (Lipinski definition) is 3. The van der Waals surface area contributed by atoms with Crippen molar-refractivity contribution in [2.45, 2.75) is 19.4 Å². The lowest BCUT2D eigenvalue weighted by Crippen LogP contribution is -2.11. The van der Waals surface area contributed by atoms with Gasteiger partial charge in [0.1, 0.15) is 0 Å². The molecule has 110 valence electrons. The van der Waals surface area contributed by atoms with E-state index >= 15 is 0 Å². The van der Waals surface area contributed by atoms with Gasteiger partial charge in [-0.2, -0.15) is 0 Å². The van der Waals surface area contributed by atoms with Crippen LogP contribution in [0.15, 0.2) is 48.7 Å². The zero-order chi connectivity index (χ0) is 14.9. The molecule has 0 spiro atoms. The van der Waals surface area contributed by atoms with Crippen molar-refractivity contribution in [3.63, 3.8) is 0 Å². The molecule has 0 saturated heterocycles. The van der Waals surface area contributed by atoms with E-state index in [1.165, 1.54) is 5.56 Å². The molecular weight excluding hydrogens is 264 g/mol. The second-order valence-electron chi connectivity index (χ2n) is 4.70. The Morgan fingerprint density at radius 2 is 2.05 bits per heavy atom. The van der Waals surface area contributed by atoms with Gasteiger partial charge in [0.2, 0.25) is 5.88 Å². The van der Waals surface area contributed by atoms with Crippen molar-refractivity contribution in [3.05, 3.63) is 54.2 Å². The van der Waals surface area contributed by atoms with Gasteiger partial charge in [0.25, 0.3) is 0 Å². The minimum atomic E-state index is 0.185. The number of ether oxygens (including phenoxy) is 1. The van der Waals surface area contributed by atoms with Gasteiger partial charge in [0.15, 0.2) is 0 Å². The Morgan fingerprint density at radius 1 is 1.24 bits per heavy atom. The minimum Gasteiger partial charge on any atom is -0.478 e. The zero-order valence-corrected chi connectivity index (χ0v) is 11.9. The van der Waals surface area contributed by atoms with Crippen LogP contribution in [-0.2, 0) is 6.54 Å². The van der Waals surface area contributed by atoms with Gasteiger partial charge in [-0.1, -0.05) is 30.3 Å². The second kappa shape index (κ2) is 7.89. The Labute approximate surface area is 124 Å². The number of nitrogens with two attached hydrogens (primary N) is 1. The summed E-state index contributed by atoms with van der Waals surface area (Å²) in [4.78, 5) is 4.16. The van der Waals surface area contributed by atoms with E-state index < -0.39 is 0 Å². The highest BCUT2D eigenvalue weighted by molar-refractivity contribution is 5.76. The van der Waals surface area contributed by atoms with Crippen LogP contribution in [0, 0.1) is 5.41 Å². The third kappa shape index (κ3) is 5.52. The summed E-state index contributed by atoms with van der Waals surface area (Å²) in [5, 5.41) is 10.5. The number of hydrogen-bond acceptors (Lipinski definition) is 4. The number of pyridine rings is 1. The van der Waals surface area contributed by atoms with Gasteiger partial charge in [-0.05, 0) is 18.1 Å². The summed E-state index contributed by atoms with van der Waals surface area (Å²) in [5.74, 6) is 0.765. The van der Waals surface area contributed by atoms with Crippen LogP contribution in [0.1, 0.15) is 18.4 Å². The van der Waals surface area contributed by atoms with Gasteiger partial charge in [0, 0.05) is 30.9 Å². The van der Waals surface area contributed by atoms with Crippen molar-refractivity contribution in [2.75, 3.05) is 11.9 Å². The molecule has 1 aromatic carbocycles. The van der Waals surface area contributed by atoms with Crippen molar-refractivity contribution >= 4 is 11.5 Å². The van der Waals surface area contributed by atoms with Gasteiger partial charge in [-0.15, -0.1) is 0 Å². The van der Waals surface area contributed by atoms with Crippen LogP contribution < -0.4 is 15.8 Å². The summed E-state index contributed by atoms with van der Waals surface area (Å²) in [6, 6.07) is 14.0. The summed E-state index contributed by atoms with van der Waals surface area (Å²) in [5.41, 5.74) is 7.48. The molecule has 2 rings (SSSR count).